The first-order valence-corrected chi connectivity index (χ1v) is 7.49. The van der Waals surface area contributed by atoms with Crippen LogP contribution in [0.2, 0.25) is 0 Å². The quantitative estimate of drug-likeness (QED) is 0.935. The summed E-state index contributed by atoms with van der Waals surface area (Å²) in [5, 5.41) is 2.00. The topological polar surface area (TPSA) is 48.0 Å². The van der Waals surface area contributed by atoms with Crippen molar-refractivity contribution in [1.82, 2.24) is 4.57 Å². The van der Waals surface area contributed by atoms with Crippen molar-refractivity contribution in [3.05, 3.63) is 55.6 Å². The molecule has 3 rings (SSSR count). The van der Waals surface area contributed by atoms with Crippen LogP contribution in [-0.2, 0) is 0 Å². The molecule has 1 saturated carbocycles. The third-order valence-electron chi connectivity index (χ3n) is 3.75. The normalized spacial score (nSPS) is 16.6. The van der Waals surface area contributed by atoms with Gasteiger partial charge in [-0.1, -0.05) is 6.07 Å². The Morgan fingerprint density at radius 2 is 2.16 bits per heavy atom. The van der Waals surface area contributed by atoms with Gasteiger partial charge in [0.15, 0.2) is 0 Å². The van der Waals surface area contributed by atoms with Crippen LogP contribution < -0.4 is 11.3 Å². The lowest BCUT2D eigenvalue weighted by atomic mass is 10.0. The lowest BCUT2D eigenvalue weighted by Gasteiger charge is -2.17. The Balaban J connectivity index is 2.15. The second-order valence-electron chi connectivity index (χ2n) is 5.28. The molecule has 0 bridgehead atoms. The molecule has 0 saturated heterocycles. The Hall–Kier alpha value is -1.39. The summed E-state index contributed by atoms with van der Waals surface area (Å²) in [5.74, 6) is 0. The van der Waals surface area contributed by atoms with E-state index in [1.165, 1.54) is 0 Å². The van der Waals surface area contributed by atoms with Gasteiger partial charge in [0.05, 0.1) is 6.04 Å². The number of nitrogens with zero attached hydrogens (tertiary/aromatic N) is 1. The zero-order chi connectivity index (χ0) is 13.6. The number of thiophene rings is 1. The second kappa shape index (κ2) is 4.62. The molecule has 2 aromatic rings. The minimum absolute atomic E-state index is 0.0981. The molecule has 1 fully saturated rings. The van der Waals surface area contributed by atoms with Gasteiger partial charge in [0.1, 0.15) is 0 Å². The Kier molecular flexibility index (Phi) is 3.07. The van der Waals surface area contributed by atoms with Gasteiger partial charge >= 0.3 is 0 Å². The summed E-state index contributed by atoms with van der Waals surface area (Å²) in [7, 11) is 0. The fraction of sp³-hybridized carbons (Fsp3) is 0.400. The Morgan fingerprint density at radius 3 is 2.74 bits per heavy atom. The summed E-state index contributed by atoms with van der Waals surface area (Å²) in [6.07, 6.45) is 2.22. The minimum atomic E-state index is -0.307. The Bertz CT molecular complexity index is 654. The van der Waals surface area contributed by atoms with Gasteiger partial charge in [0.25, 0.3) is 5.56 Å². The number of hydrogen-bond acceptors (Lipinski definition) is 3. The highest BCUT2D eigenvalue weighted by Gasteiger charge is 2.28. The summed E-state index contributed by atoms with van der Waals surface area (Å²) in [6.45, 7) is 3.99. The molecule has 19 heavy (non-hydrogen) atoms. The van der Waals surface area contributed by atoms with Crippen molar-refractivity contribution in [1.29, 1.82) is 0 Å². The number of pyridine rings is 1. The van der Waals surface area contributed by atoms with Gasteiger partial charge in [-0.15, -0.1) is 11.3 Å². The Labute approximate surface area is 116 Å². The van der Waals surface area contributed by atoms with Crippen molar-refractivity contribution in [2.75, 3.05) is 0 Å². The summed E-state index contributed by atoms with van der Waals surface area (Å²) in [5.41, 5.74) is 9.20. The first kappa shape index (κ1) is 12.6. The molecule has 0 aromatic carbocycles. The van der Waals surface area contributed by atoms with Crippen LogP contribution in [0.3, 0.4) is 0 Å². The maximum atomic E-state index is 12.7. The van der Waals surface area contributed by atoms with Crippen LogP contribution in [-0.4, -0.2) is 4.57 Å². The summed E-state index contributed by atoms with van der Waals surface area (Å²) in [4.78, 5) is 13.8. The molecule has 0 aliphatic heterocycles. The zero-order valence-corrected chi connectivity index (χ0v) is 12.0. The minimum Gasteiger partial charge on any atom is -0.319 e. The highest BCUT2D eigenvalue weighted by Crippen LogP contribution is 2.35. The summed E-state index contributed by atoms with van der Waals surface area (Å²) >= 11 is 1.60. The largest absolute Gasteiger partial charge is 0.319 e. The van der Waals surface area contributed by atoms with Crippen molar-refractivity contribution in [2.45, 2.75) is 38.8 Å². The average Bonchev–Trinajstić information content (AvgIpc) is 3.02. The van der Waals surface area contributed by atoms with E-state index in [0.29, 0.717) is 6.04 Å². The van der Waals surface area contributed by atoms with Crippen LogP contribution in [0.4, 0.5) is 0 Å². The van der Waals surface area contributed by atoms with Crippen molar-refractivity contribution < 1.29 is 0 Å². The predicted octanol–water partition coefficient (Wildman–Crippen LogP) is 2.91. The van der Waals surface area contributed by atoms with E-state index in [9.17, 15) is 4.79 Å². The number of aromatic nitrogens is 1. The number of hydrogen-bond donors (Lipinski definition) is 1. The molecular formula is C15H18N2OS. The molecule has 0 spiro atoms. The molecule has 1 aliphatic carbocycles. The molecule has 3 nitrogen and oxygen atoms in total. The van der Waals surface area contributed by atoms with Gasteiger partial charge in [0, 0.05) is 22.2 Å². The van der Waals surface area contributed by atoms with E-state index in [1.807, 2.05) is 35.9 Å². The lowest BCUT2D eigenvalue weighted by Crippen LogP contribution is -2.30. The second-order valence-corrected chi connectivity index (χ2v) is 6.26. The molecule has 1 aliphatic rings. The van der Waals surface area contributed by atoms with Gasteiger partial charge in [-0.25, -0.2) is 0 Å². The van der Waals surface area contributed by atoms with E-state index in [2.05, 4.69) is 6.07 Å². The van der Waals surface area contributed by atoms with Gasteiger partial charge in [-0.3, -0.25) is 4.79 Å². The molecule has 2 aromatic heterocycles. The van der Waals surface area contributed by atoms with E-state index in [-0.39, 0.29) is 11.6 Å². The molecule has 2 N–H and O–H groups in total. The van der Waals surface area contributed by atoms with Crippen LogP contribution >= 0.6 is 11.3 Å². The molecule has 4 heteroatoms. The van der Waals surface area contributed by atoms with Crippen molar-refractivity contribution in [3.63, 3.8) is 0 Å². The Morgan fingerprint density at radius 1 is 1.42 bits per heavy atom. The van der Waals surface area contributed by atoms with E-state index in [4.69, 9.17) is 5.73 Å². The SMILES string of the molecule is Cc1cc(C)n(C2CC2)c(=O)c1C(N)c1cccs1. The zero-order valence-electron chi connectivity index (χ0n) is 11.2. The van der Waals surface area contributed by atoms with Gasteiger partial charge in [-0.2, -0.15) is 0 Å². The van der Waals surface area contributed by atoms with E-state index >= 15 is 0 Å². The number of nitrogens with two attached hydrogens (primary N) is 1. The van der Waals surface area contributed by atoms with Crippen LogP contribution in [0.5, 0.6) is 0 Å². The molecule has 0 amide bonds. The molecule has 100 valence electrons. The monoisotopic (exact) mass is 274 g/mol. The van der Waals surface area contributed by atoms with E-state index in [1.54, 1.807) is 11.3 Å². The fourth-order valence-corrected chi connectivity index (χ4v) is 3.43. The summed E-state index contributed by atoms with van der Waals surface area (Å²) < 4.78 is 1.93. The van der Waals surface area contributed by atoms with Crippen molar-refractivity contribution in [3.8, 4) is 0 Å². The van der Waals surface area contributed by atoms with Crippen molar-refractivity contribution >= 4 is 11.3 Å². The van der Waals surface area contributed by atoms with Crippen LogP contribution in [0.25, 0.3) is 0 Å². The highest BCUT2D eigenvalue weighted by molar-refractivity contribution is 7.10. The van der Waals surface area contributed by atoms with Crippen LogP contribution in [0.1, 0.15) is 46.6 Å². The summed E-state index contributed by atoms with van der Waals surface area (Å²) in [6, 6.07) is 6.14. The van der Waals surface area contributed by atoms with Crippen molar-refractivity contribution in [2.24, 2.45) is 5.73 Å². The molecular weight excluding hydrogens is 256 g/mol. The smallest absolute Gasteiger partial charge is 0.256 e. The number of rotatable bonds is 3. The molecule has 0 radical (unpaired) electrons. The van der Waals surface area contributed by atoms with Crippen LogP contribution in [0, 0.1) is 13.8 Å². The molecule has 1 atom stereocenters. The maximum Gasteiger partial charge on any atom is 0.256 e. The average molecular weight is 274 g/mol. The molecule has 1 unspecified atom stereocenters. The third kappa shape index (κ3) is 2.15. The number of aryl methyl sites for hydroxylation is 2. The van der Waals surface area contributed by atoms with Crippen LogP contribution in [0.15, 0.2) is 28.4 Å². The predicted molar refractivity (Wildman–Crippen MR) is 78.8 cm³/mol. The lowest BCUT2D eigenvalue weighted by molar-refractivity contribution is 0.660. The standard InChI is InChI=1S/C15H18N2OS/c1-9-8-10(2)17(11-5-6-11)15(18)13(9)14(16)12-4-3-7-19-12/h3-4,7-8,11,14H,5-6,16H2,1-2H3. The highest BCUT2D eigenvalue weighted by atomic mass is 32.1. The molecule has 2 heterocycles. The first-order chi connectivity index (χ1) is 9.09. The van der Waals surface area contributed by atoms with Gasteiger partial charge < -0.3 is 10.3 Å². The third-order valence-corrected chi connectivity index (χ3v) is 4.71. The maximum absolute atomic E-state index is 12.7. The van der Waals surface area contributed by atoms with E-state index < -0.39 is 0 Å². The van der Waals surface area contributed by atoms with E-state index in [0.717, 1.165) is 34.5 Å². The van der Waals surface area contributed by atoms with Gasteiger partial charge in [0.2, 0.25) is 0 Å². The first-order valence-electron chi connectivity index (χ1n) is 6.61. The fourth-order valence-electron chi connectivity index (χ4n) is 2.69. The van der Waals surface area contributed by atoms with Gasteiger partial charge in [-0.05, 0) is 49.8 Å².